The van der Waals surface area contributed by atoms with Crippen molar-refractivity contribution in [1.29, 1.82) is 5.26 Å². The number of ketones is 1. The van der Waals surface area contributed by atoms with Crippen LogP contribution in [0.3, 0.4) is 0 Å². The van der Waals surface area contributed by atoms with Gasteiger partial charge in [-0.15, -0.1) is 0 Å². The molecule has 0 amide bonds. The van der Waals surface area contributed by atoms with Crippen LogP contribution >= 0.6 is 0 Å². The van der Waals surface area contributed by atoms with Crippen molar-refractivity contribution in [2.75, 3.05) is 10.5 Å². The highest BCUT2D eigenvalue weighted by Crippen LogP contribution is 2.28. The summed E-state index contributed by atoms with van der Waals surface area (Å²) in [7, 11) is -3.89. The number of benzene rings is 1. The molecule has 0 unspecified atom stereocenters. The summed E-state index contributed by atoms with van der Waals surface area (Å²) < 4.78 is 55.6. The number of carbonyl (C=O) groups excluding carboxylic acids is 1. The van der Waals surface area contributed by atoms with E-state index in [1.165, 1.54) is 18.5 Å². The molecule has 0 bridgehead atoms. The van der Waals surface area contributed by atoms with E-state index in [2.05, 4.69) is 14.7 Å². The van der Waals surface area contributed by atoms with Crippen molar-refractivity contribution in [2.45, 2.75) is 13.8 Å². The van der Waals surface area contributed by atoms with E-state index >= 15 is 0 Å². The number of carbonyl (C=O) groups is 1. The van der Waals surface area contributed by atoms with Gasteiger partial charge in [0.05, 0.1) is 34.2 Å². The van der Waals surface area contributed by atoms with Gasteiger partial charge in [0.1, 0.15) is 11.5 Å². The quantitative estimate of drug-likeness (QED) is 0.596. The molecule has 0 saturated carbocycles. The molecule has 2 heterocycles. The molecule has 0 aliphatic heterocycles. The molecule has 7 nitrogen and oxygen atoms in total. The van der Waals surface area contributed by atoms with Crippen molar-refractivity contribution in [3.63, 3.8) is 0 Å². The van der Waals surface area contributed by atoms with Crippen molar-refractivity contribution in [3.8, 4) is 6.07 Å². The number of nitrogens with one attached hydrogen (secondary N) is 2. The first-order valence-electron chi connectivity index (χ1n) is 8.54. The van der Waals surface area contributed by atoms with Gasteiger partial charge < -0.3 is 4.98 Å². The van der Waals surface area contributed by atoms with Gasteiger partial charge >= 0.3 is 0 Å². The summed E-state index contributed by atoms with van der Waals surface area (Å²) in [6, 6.07) is 4.99. The highest BCUT2D eigenvalue weighted by molar-refractivity contribution is 7.92. The Labute approximate surface area is 165 Å². The zero-order valence-corrected chi connectivity index (χ0v) is 16.3. The van der Waals surface area contributed by atoms with Crippen molar-refractivity contribution in [3.05, 3.63) is 58.9 Å². The second kappa shape index (κ2) is 7.60. The van der Waals surface area contributed by atoms with E-state index in [-0.39, 0.29) is 33.8 Å². The van der Waals surface area contributed by atoms with Gasteiger partial charge in [0, 0.05) is 17.8 Å². The Morgan fingerprint density at radius 1 is 1.31 bits per heavy atom. The standard InChI is InChI=1S/C19H16F2N4O3S/c1-10(2)9-29(27,28)25-14-4-3-13(20)16(17(14)21)18(26)12-8-24-19-15(12)11(7-22)5-6-23-19/h3-6,8,10,25H,9H2,1-2H3,(H,23,24). The summed E-state index contributed by atoms with van der Waals surface area (Å²) in [5.74, 6) is -4.02. The van der Waals surface area contributed by atoms with Crippen LogP contribution in [-0.4, -0.2) is 29.9 Å². The van der Waals surface area contributed by atoms with Crippen LogP contribution in [0.15, 0.2) is 30.6 Å². The summed E-state index contributed by atoms with van der Waals surface area (Å²) in [6.07, 6.45) is 2.56. The number of anilines is 1. The number of sulfonamides is 1. The number of aromatic amines is 1. The number of pyridine rings is 1. The lowest BCUT2D eigenvalue weighted by molar-refractivity contribution is 0.103. The van der Waals surface area contributed by atoms with Crippen LogP contribution in [0.4, 0.5) is 14.5 Å². The number of fused-ring (bicyclic) bond motifs is 1. The first kappa shape index (κ1) is 20.4. The fourth-order valence-corrected chi connectivity index (χ4v) is 4.40. The Morgan fingerprint density at radius 3 is 2.69 bits per heavy atom. The predicted octanol–water partition coefficient (Wildman–Crippen LogP) is 3.34. The fraction of sp³-hybridized carbons (Fsp3) is 0.211. The molecule has 29 heavy (non-hydrogen) atoms. The minimum absolute atomic E-state index is 0.106. The Bertz CT molecular complexity index is 1260. The van der Waals surface area contributed by atoms with E-state index in [4.69, 9.17) is 0 Å². The third kappa shape index (κ3) is 3.95. The summed E-state index contributed by atoms with van der Waals surface area (Å²) >= 11 is 0. The van der Waals surface area contributed by atoms with Crippen molar-refractivity contribution < 1.29 is 22.0 Å². The van der Waals surface area contributed by atoms with Gasteiger partial charge in [0.25, 0.3) is 0 Å². The average Bonchev–Trinajstić information content (AvgIpc) is 3.07. The summed E-state index contributed by atoms with van der Waals surface area (Å²) in [5, 5.41) is 9.39. The molecule has 1 aromatic carbocycles. The molecular weight excluding hydrogens is 402 g/mol. The Balaban J connectivity index is 2.11. The maximum absolute atomic E-state index is 14.9. The van der Waals surface area contributed by atoms with Crippen molar-refractivity contribution >= 4 is 32.5 Å². The molecule has 0 aliphatic rings. The molecule has 0 saturated heterocycles. The molecule has 0 fully saturated rings. The van der Waals surface area contributed by atoms with Gasteiger partial charge in [-0.05, 0) is 24.1 Å². The molecule has 0 atom stereocenters. The SMILES string of the molecule is CC(C)CS(=O)(=O)Nc1ccc(F)c(C(=O)c2c[nH]c3nccc(C#N)c23)c1F. The summed E-state index contributed by atoms with van der Waals surface area (Å²) in [6.45, 7) is 3.35. The van der Waals surface area contributed by atoms with Gasteiger partial charge in [-0.3, -0.25) is 9.52 Å². The van der Waals surface area contributed by atoms with Crippen LogP contribution in [-0.2, 0) is 10.0 Å². The lowest BCUT2D eigenvalue weighted by Gasteiger charge is -2.13. The number of aromatic nitrogens is 2. The number of nitrogens with zero attached hydrogens (tertiary/aromatic N) is 2. The molecular formula is C19H16F2N4O3S. The minimum atomic E-state index is -3.89. The van der Waals surface area contributed by atoms with E-state index in [0.717, 1.165) is 12.1 Å². The minimum Gasteiger partial charge on any atom is -0.345 e. The molecule has 0 radical (unpaired) electrons. The summed E-state index contributed by atoms with van der Waals surface area (Å²) in [5.41, 5.74) is -1.29. The van der Waals surface area contributed by atoms with E-state index in [1.807, 2.05) is 6.07 Å². The Hall–Kier alpha value is -3.32. The van der Waals surface area contributed by atoms with E-state index in [9.17, 15) is 27.3 Å². The van der Waals surface area contributed by atoms with Crippen molar-refractivity contribution in [1.82, 2.24) is 9.97 Å². The monoisotopic (exact) mass is 418 g/mol. The maximum Gasteiger partial charge on any atom is 0.233 e. The highest BCUT2D eigenvalue weighted by Gasteiger charge is 2.26. The third-order valence-electron chi connectivity index (χ3n) is 4.08. The second-order valence-corrected chi connectivity index (χ2v) is 8.55. The van der Waals surface area contributed by atoms with Gasteiger partial charge in [-0.25, -0.2) is 22.2 Å². The lowest BCUT2D eigenvalue weighted by Crippen LogP contribution is -2.21. The zero-order chi connectivity index (χ0) is 21.3. The lowest BCUT2D eigenvalue weighted by atomic mass is 10.00. The molecule has 150 valence electrons. The van der Waals surface area contributed by atoms with Gasteiger partial charge in [0.2, 0.25) is 15.8 Å². The van der Waals surface area contributed by atoms with Crippen LogP contribution in [0, 0.1) is 28.9 Å². The fourth-order valence-electron chi connectivity index (χ4n) is 2.95. The number of hydrogen-bond donors (Lipinski definition) is 2. The third-order valence-corrected chi connectivity index (χ3v) is 5.71. The predicted molar refractivity (Wildman–Crippen MR) is 103 cm³/mol. The molecule has 3 rings (SSSR count). The first-order valence-corrected chi connectivity index (χ1v) is 10.2. The van der Waals surface area contributed by atoms with E-state index in [0.29, 0.717) is 0 Å². The average molecular weight is 418 g/mol. The maximum atomic E-state index is 14.9. The van der Waals surface area contributed by atoms with Gasteiger partial charge in [-0.1, -0.05) is 13.8 Å². The Kier molecular flexibility index (Phi) is 5.35. The van der Waals surface area contributed by atoms with Crippen LogP contribution in [0.1, 0.15) is 35.3 Å². The molecule has 3 aromatic rings. The van der Waals surface area contributed by atoms with Crippen LogP contribution in [0.25, 0.3) is 11.0 Å². The zero-order valence-electron chi connectivity index (χ0n) is 15.5. The first-order chi connectivity index (χ1) is 13.6. The van der Waals surface area contributed by atoms with Crippen LogP contribution in [0.5, 0.6) is 0 Å². The normalized spacial score (nSPS) is 11.6. The largest absolute Gasteiger partial charge is 0.345 e. The topological polar surface area (TPSA) is 116 Å². The van der Waals surface area contributed by atoms with Gasteiger partial charge in [0.15, 0.2) is 5.82 Å². The second-order valence-electron chi connectivity index (χ2n) is 6.79. The van der Waals surface area contributed by atoms with E-state index in [1.54, 1.807) is 13.8 Å². The van der Waals surface area contributed by atoms with Crippen LogP contribution in [0.2, 0.25) is 0 Å². The van der Waals surface area contributed by atoms with Crippen LogP contribution < -0.4 is 4.72 Å². The molecule has 0 aliphatic carbocycles. The number of hydrogen-bond acceptors (Lipinski definition) is 5. The highest BCUT2D eigenvalue weighted by atomic mass is 32.2. The molecule has 0 spiro atoms. The Morgan fingerprint density at radius 2 is 2.03 bits per heavy atom. The molecule has 2 aromatic heterocycles. The number of nitriles is 1. The molecule has 10 heteroatoms. The van der Waals surface area contributed by atoms with Crippen molar-refractivity contribution in [2.24, 2.45) is 5.92 Å². The smallest absolute Gasteiger partial charge is 0.233 e. The number of rotatable bonds is 6. The number of halogens is 2. The number of H-pyrrole nitrogens is 1. The van der Waals surface area contributed by atoms with E-state index < -0.39 is 38.7 Å². The summed E-state index contributed by atoms with van der Waals surface area (Å²) in [4.78, 5) is 19.6. The molecule has 2 N–H and O–H groups in total. The van der Waals surface area contributed by atoms with Gasteiger partial charge in [-0.2, -0.15) is 5.26 Å².